The van der Waals surface area contributed by atoms with Gasteiger partial charge in [0.15, 0.2) is 12.2 Å². The van der Waals surface area contributed by atoms with Gasteiger partial charge in [-0.1, -0.05) is 36.4 Å². The Morgan fingerprint density at radius 2 is 1.42 bits per heavy atom. The standard InChI is InChI=1S/C21H21NO4/c23-20(15-8-3-1-4-9-15)25-18-14-22-13-7-12-17(22)19(18)26-21(24)16-10-5-2-6-11-16/h1-6,8-11,17-19H,7,12-14H2/t17-,18+,19-/m0/s1. The summed E-state index contributed by atoms with van der Waals surface area (Å²) in [7, 11) is 0. The maximum atomic E-state index is 12.5. The van der Waals surface area contributed by atoms with Crippen LogP contribution in [0.25, 0.3) is 0 Å². The van der Waals surface area contributed by atoms with Crippen molar-refractivity contribution in [2.24, 2.45) is 0 Å². The van der Waals surface area contributed by atoms with E-state index < -0.39 is 12.2 Å². The molecule has 26 heavy (non-hydrogen) atoms. The summed E-state index contributed by atoms with van der Waals surface area (Å²) in [6.07, 6.45) is 1.15. The zero-order chi connectivity index (χ0) is 17.9. The molecule has 2 aromatic carbocycles. The van der Waals surface area contributed by atoms with Crippen LogP contribution in [0.5, 0.6) is 0 Å². The first-order chi connectivity index (χ1) is 12.7. The van der Waals surface area contributed by atoms with Crippen LogP contribution < -0.4 is 0 Å². The fraction of sp³-hybridized carbons (Fsp3) is 0.333. The largest absolute Gasteiger partial charge is 0.453 e. The third-order valence-electron chi connectivity index (χ3n) is 5.09. The number of fused-ring (bicyclic) bond motifs is 1. The quantitative estimate of drug-likeness (QED) is 0.793. The lowest BCUT2D eigenvalue weighted by Crippen LogP contribution is -2.38. The molecule has 0 saturated carbocycles. The Labute approximate surface area is 152 Å². The maximum absolute atomic E-state index is 12.5. The number of hydrogen-bond acceptors (Lipinski definition) is 5. The zero-order valence-electron chi connectivity index (χ0n) is 14.4. The molecule has 2 fully saturated rings. The van der Waals surface area contributed by atoms with Crippen molar-refractivity contribution in [3.05, 3.63) is 71.8 Å². The van der Waals surface area contributed by atoms with Crippen LogP contribution in [0, 0.1) is 0 Å². The molecule has 0 N–H and O–H groups in total. The molecule has 0 radical (unpaired) electrons. The number of benzene rings is 2. The van der Waals surface area contributed by atoms with Gasteiger partial charge in [0.2, 0.25) is 0 Å². The summed E-state index contributed by atoms with van der Waals surface area (Å²) >= 11 is 0. The molecule has 2 aliphatic heterocycles. The van der Waals surface area contributed by atoms with Gasteiger partial charge in [0.05, 0.1) is 17.2 Å². The predicted molar refractivity (Wildman–Crippen MR) is 95.9 cm³/mol. The van der Waals surface area contributed by atoms with E-state index in [1.807, 2.05) is 12.1 Å². The second kappa shape index (κ2) is 7.30. The van der Waals surface area contributed by atoms with Crippen molar-refractivity contribution in [1.82, 2.24) is 4.90 Å². The minimum atomic E-state index is -0.444. The van der Waals surface area contributed by atoms with Gasteiger partial charge >= 0.3 is 11.9 Å². The highest BCUT2D eigenvalue weighted by Gasteiger charge is 2.48. The molecule has 3 atom stereocenters. The fourth-order valence-electron chi connectivity index (χ4n) is 3.84. The average molecular weight is 351 g/mol. The van der Waals surface area contributed by atoms with Gasteiger partial charge in [0.1, 0.15) is 0 Å². The number of carbonyl (C=O) groups excluding carboxylic acids is 2. The second-order valence-corrected chi connectivity index (χ2v) is 6.75. The van der Waals surface area contributed by atoms with Crippen LogP contribution in [0.1, 0.15) is 33.6 Å². The minimum Gasteiger partial charge on any atom is -0.453 e. The van der Waals surface area contributed by atoms with E-state index in [9.17, 15) is 9.59 Å². The maximum Gasteiger partial charge on any atom is 0.338 e. The summed E-state index contributed by atoms with van der Waals surface area (Å²) in [6.45, 7) is 1.55. The molecule has 4 rings (SSSR count). The summed E-state index contributed by atoms with van der Waals surface area (Å²) in [5.74, 6) is -0.748. The van der Waals surface area contributed by atoms with Gasteiger partial charge in [-0.25, -0.2) is 9.59 Å². The van der Waals surface area contributed by atoms with E-state index in [0.29, 0.717) is 17.7 Å². The third kappa shape index (κ3) is 3.35. The van der Waals surface area contributed by atoms with Crippen LogP contribution in [-0.4, -0.2) is 48.2 Å². The van der Waals surface area contributed by atoms with Gasteiger partial charge in [-0.05, 0) is 43.7 Å². The SMILES string of the molecule is O=C(O[C@@H]1[C@H](OC(=O)c2ccccc2)CN2CCC[C@@H]12)c1ccccc1. The molecular weight excluding hydrogens is 330 g/mol. The average Bonchev–Trinajstić information content (AvgIpc) is 3.26. The topological polar surface area (TPSA) is 55.8 Å². The molecule has 0 aromatic heterocycles. The molecule has 2 aromatic rings. The third-order valence-corrected chi connectivity index (χ3v) is 5.09. The van der Waals surface area contributed by atoms with Crippen molar-refractivity contribution >= 4 is 11.9 Å². The van der Waals surface area contributed by atoms with E-state index in [0.717, 1.165) is 19.4 Å². The van der Waals surface area contributed by atoms with Gasteiger partial charge in [-0.2, -0.15) is 0 Å². The Kier molecular flexibility index (Phi) is 4.71. The molecule has 0 aliphatic carbocycles. The minimum absolute atomic E-state index is 0.122. The molecule has 2 aliphatic rings. The van der Waals surface area contributed by atoms with Crippen LogP contribution in [0.15, 0.2) is 60.7 Å². The van der Waals surface area contributed by atoms with E-state index in [1.54, 1.807) is 48.5 Å². The van der Waals surface area contributed by atoms with Crippen LogP contribution in [0.2, 0.25) is 0 Å². The van der Waals surface area contributed by atoms with E-state index >= 15 is 0 Å². The van der Waals surface area contributed by atoms with Crippen molar-refractivity contribution in [3.8, 4) is 0 Å². The first-order valence-electron chi connectivity index (χ1n) is 8.98. The lowest BCUT2D eigenvalue weighted by atomic mass is 10.1. The Morgan fingerprint density at radius 3 is 2.04 bits per heavy atom. The van der Waals surface area contributed by atoms with Gasteiger partial charge in [0.25, 0.3) is 0 Å². The normalized spacial score (nSPS) is 24.8. The number of carbonyl (C=O) groups is 2. The van der Waals surface area contributed by atoms with Crippen molar-refractivity contribution in [3.63, 3.8) is 0 Å². The molecule has 134 valence electrons. The van der Waals surface area contributed by atoms with E-state index in [-0.39, 0.29) is 18.0 Å². The summed E-state index contributed by atoms with van der Waals surface area (Å²) in [5.41, 5.74) is 1.02. The highest BCUT2D eigenvalue weighted by molar-refractivity contribution is 5.90. The van der Waals surface area contributed by atoms with Crippen LogP contribution >= 0.6 is 0 Å². The van der Waals surface area contributed by atoms with E-state index in [1.165, 1.54) is 0 Å². The number of esters is 2. The van der Waals surface area contributed by atoms with Crippen molar-refractivity contribution < 1.29 is 19.1 Å². The molecule has 0 spiro atoms. The summed E-state index contributed by atoms with van der Waals surface area (Å²) in [5, 5.41) is 0. The molecule has 0 amide bonds. The van der Waals surface area contributed by atoms with Gasteiger partial charge in [-0.3, -0.25) is 4.90 Å². The monoisotopic (exact) mass is 351 g/mol. The van der Waals surface area contributed by atoms with E-state index in [2.05, 4.69) is 4.90 Å². The molecule has 2 saturated heterocycles. The fourth-order valence-corrected chi connectivity index (χ4v) is 3.84. The molecule has 2 heterocycles. The number of nitrogens with zero attached hydrogens (tertiary/aromatic N) is 1. The van der Waals surface area contributed by atoms with Crippen LogP contribution in [0.3, 0.4) is 0 Å². The highest BCUT2D eigenvalue weighted by Crippen LogP contribution is 2.32. The van der Waals surface area contributed by atoms with Crippen molar-refractivity contribution in [2.75, 3.05) is 13.1 Å². The Bertz CT molecular complexity index is 777. The molecule has 0 unspecified atom stereocenters. The smallest absolute Gasteiger partial charge is 0.338 e. The van der Waals surface area contributed by atoms with Crippen LogP contribution in [-0.2, 0) is 9.47 Å². The van der Waals surface area contributed by atoms with Crippen LogP contribution in [0.4, 0.5) is 0 Å². The first-order valence-corrected chi connectivity index (χ1v) is 8.98. The van der Waals surface area contributed by atoms with Gasteiger partial charge in [-0.15, -0.1) is 0 Å². The van der Waals surface area contributed by atoms with E-state index in [4.69, 9.17) is 9.47 Å². The zero-order valence-corrected chi connectivity index (χ0v) is 14.4. The molecule has 5 nitrogen and oxygen atoms in total. The summed E-state index contributed by atoms with van der Waals surface area (Å²) in [6, 6.07) is 18.0. The number of ether oxygens (including phenoxy) is 2. The molecule has 5 heteroatoms. The lowest BCUT2D eigenvalue weighted by molar-refractivity contribution is -0.0254. The van der Waals surface area contributed by atoms with Crippen molar-refractivity contribution in [2.45, 2.75) is 31.1 Å². The number of rotatable bonds is 4. The Balaban J connectivity index is 1.50. The van der Waals surface area contributed by atoms with Gasteiger partial charge < -0.3 is 9.47 Å². The molecule has 0 bridgehead atoms. The summed E-state index contributed by atoms with van der Waals surface area (Å²) in [4.78, 5) is 27.2. The predicted octanol–water partition coefficient (Wildman–Crippen LogP) is 2.92. The van der Waals surface area contributed by atoms with Crippen molar-refractivity contribution in [1.29, 1.82) is 0 Å². The van der Waals surface area contributed by atoms with Gasteiger partial charge in [0, 0.05) is 6.54 Å². The Hall–Kier alpha value is -2.66. The lowest BCUT2D eigenvalue weighted by Gasteiger charge is -2.23. The summed E-state index contributed by atoms with van der Waals surface area (Å²) < 4.78 is 11.5. The first kappa shape index (κ1) is 16.8. The highest BCUT2D eigenvalue weighted by atomic mass is 16.6. The Morgan fingerprint density at radius 1 is 0.846 bits per heavy atom. The number of hydrogen-bond donors (Lipinski definition) is 0. The molecular formula is C21H21NO4. The second-order valence-electron chi connectivity index (χ2n) is 6.75.